The Balaban J connectivity index is 2.86. The van der Waals surface area contributed by atoms with E-state index < -0.39 is 0 Å². The molecule has 0 fully saturated rings. The molecule has 90 valence electrons. The van der Waals surface area contributed by atoms with Crippen LogP contribution in [0.3, 0.4) is 0 Å². The summed E-state index contributed by atoms with van der Waals surface area (Å²) in [6.45, 7) is 9.55. The Morgan fingerprint density at radius 1 is 1.31 bits per heavy atom. The highest BCUT2D eigenvalue weighted by molar-refractivity contribution is 5.40. The van der Waals surface area contributed by atoms with Gasteiger partial charge in [0.25, 0.3) is 0 Å². The minimum Gasteiger partial charge on any atom is -0.354 e. The average Bonchev–Trinajstić information content (AvgIpc) is 2.30. The minimum atomic E-state index is 0.0558. The molecule has 0 aliphatic heterocycles. The molecule has 2 unspecified atom stereocenters. The zero-order valence-electron chi connectivity index (χ0n) is 10.8. The van der Waals surface area contributed by atoms with Gasteiger partial charge in [-0.2, -0.15) is 0 Å². The third-order valence-corrected chi connectivity index (χ3v) is 3.05. The van der Waals surface area contributed by atoms with Crippen molar-refractivity contribution >= 4 is 5.82 Å². The number of hydrogen-bond acceptors (Lipinski definition) is 3. The Morgan fingerprint density at radius 2 is 2.00 bits per heavy atom. The van der Waals surface area contributed by atoms with Crippen LogP contribution >= 0.6 is 0 Å². The lowest BCUT2D eigenvalue weighted by molar-refractivity contribution is 0.622. The second-order valence-corrected chi connectivity index (χ2v) is 4.28. The van der Waals surface area contributed by atoms with Gasteiger partial charge in [0.15, 0.2) is 0 Å². The fraction of sp³-hybridized carbons (Fsp3) is 0.615. The van der Waals surface area contributed by atoms with E-state index in [-0.39, 0.29) is 6.04 Å². The molecule has 2 N–H and O–H groups in total. The fourth-order valence-corrected chi connectivity index (χ4v) is 1.76. The maximum atomic E-state index is 5.80. The first-order chi connectivity index (χ1) is 7.60. The van der Waals surface area contributed by atoms with Gasteiger partial charge in [0, 0.05) is 24.8 Å². The van der Waals surface area contributed by atoms with Gasteiger partial charge in [-0.1, -0.05) is 13.0 Å². The molecule has 1 heterocycles. The van der Waals surface area contributed by atoms with E-state index in [0.29, 0.717) is 6.04 Å². The van der Waals surface area contributed by atoms with E-state index >= 15 is 0 Å². The summed E-state index contributed by atoms with van der Waals surface area (Å²) >= 11 is 0. The molecule has 1 rings (SSSR count). The fourth-order valence-electron chi connectivity index (χ4n) is 1.76. The van der Waals surface area contributed by atoms with Gasteiger partial charge in [-0.05, 0) is 38.8 Å². The van der Waals surface area contributed by atoms with Crippen molar-refractivity contribution in [2.45, 2.75) is 46.2 Å². The zero-order chi connectivity index (χ0) is 12.1. The van der Waals surface area contributed by atoms with Crippen LogP contribution in [0.4, 0.5) is 5.82 Å². The first-order valence-electron chi connectivity index (χ1n) is 6.08. The second kappa shape index (κ2) is 5.85. The first kappa shape index (κ1) is 13.0. The predicted molar refractivity (Wildman–Crippen MR) is 69.6 cm³/mol. The van der Waals surface area contributed by atoms with Crippen LogP contribution in [-0.4, -0.2) is 17.6 Å². The van der Waals surface area contributed by atoms with E-state index in [1.807, 2.05) is 13.1 Å². The summed E-state index contributed by atoms with van der Waals surface area (Å²) in [6, 6.07) is 4.71. The molecule has 2 atom stereocenters. The molecule has 0 bridgehead atoms. The molecule has 1 aromatic rings. The van der Waals surface area contributed by atoms with Crippen LogP contribution in [0.1, 0.15) is 45.7 Å². The second-order valence-electron chi connectivity index (χ2n) is 4.28. The monoisotopic (exact) mass is 221 g/mol. The summed E-state index contributed by atoms with van der Waals surface area (Å²) in [5.74, 6) is 1.04. The topological polar surface area (TPSA) is 42.1 Å². The molecule has 0 spiro atoms. The lowest BCUT2D eigenvalue weighted by Crippen LogP contribution is -2.32. The predicted octanol–water partition coefficient (Wildman–Crippen LogP) is 2.73. The number of aromatic nitrogens is 1. The Kier molecular flexibility index (Phi) is 4.74. The Morgan fingerprint density at radius 3 is 2.38 bits per heavy atom. The number of nitrogens with two attached hydrogens (primary N) is 1. The molecular weight excluding hydrogens is 198 g/mol. The van der Waals surface area contributed by atoms with Crippen LogP contribution in [0.5, 0.6) is 0 Å². The van der Waals surface area contributed by atoms with Crippen molar-refractivity contribution in [3.8, 4) is 0 Å². The van der Waals surface area contributed by atoms with Crippen LogP contribution in [0, 0.1) is 0 Å². The van der Waals surface area contributed by atoms with Crippen molar-refractivity contribution in [1.82, 2.24) is 4.98 Å². The highest BCUT2D eigenvalue weighted by atomic mass is 15.2. The maximum absolute atomic E-state index is 5.80. The summed E-state index contributed by atoms with van der Waals surface area (Å²) in [7, 11) is 0. The minimum absolute atomic E-state index is 0.0558. The molecular formula is C13H23N3. The zero-order valence-corrected chi connectivity index (χ0v) is 10.8. The van der Waals surface area contributed by atoms with E-state index in [0.717, 1.165) is 24.3 Å². The van der Waals surface area contributed by atoms with Gasteiger partial charge < -0.3 is 10.6 Å². The first-order valence-corrected chi connectivity index (χ1v) is 6.08. The molecule has 3 heteroatoms. The van der Waals surface area contributed by atoms with Gasteiger partial charge in [-0.25, -0.2) is 4.98 Å². The summed E-state index contributed by atoms with van der Waals surface area (Å²) in [4.78, 5) is 6.80. The van der Waals surface area contributed by atoms with E-state index in [1.165, 1.54) is 0 Å². The normalized spacial score (nSPS) is 14.6. The highest BCUT2D eigenvalue weighted by Gasteiger charge is 2.12. The van der Waals surface area contributed by atoms with E-state index in [9.17, 15) is 0 Å². The number of hydrogen-bond donors (Lipinski definition) is 1. The quantitative estimate of drug-likeness (QED) is 0.831. The lowest BCUT2D eigenvalue weighted by atomic mass is 10.1. The SMILES string of the molecule is CCC(C)N(CC)c1ccc(C(C)N)cn1. The van der Waals surface area contributed by atoms with E-state index in [1.54, 1.807) is 0 Å². The molecule has 0 saturated carbocycles. The van der Waals surface area contributed by atoms with Crippen LogP contribution in [0.15, 0.2) is 18.3 Å². The molecule has 0 aromatic carbocycles. The summed E-state index contributed by atoms with van der Waals surface area (Å²) in [6.07, 6.45) is 3.01. The van der Waals surface area contributed by atoms with Crippen LogP contribution < -0.4 is 10.6 Å². The van der Waals surface area contributed by atoms with Crippen LogP contribution in [0.25, 0.3) is 0 Å². The Hall–Kier alpha value is -1.09. The van der Waals surface area contributed by atoms with Crippen LogP contribution in [0.2, 0.25) is 0 Å². The van der Waals surface area contributed by atoms with Gasteiger partial charge >= 0.3 is 0 Å². The molecule has 1 aromatic heterocycles. The largest absolute Gasteiger partial charge is 0.354 e. The van der Waals surface area contributed by atoms with Crippen molar-refractivity contribution < 1.29 is 0 Å². The molecule has 0 aliphatic carbocycles. The third-order valence-electron chi connectivity index (χ3n) is 3.05. The van der Waals surface area contributed by atoms with Gasteiger partial charge in [-0.15, -0.1) is 0 Å². The molecule has 0 amide bonds. The molecule has 3 nitrogen and oxygen atoms in total. The Labute approximate surface area is 98.7 Å². The van der Waals surface area contributed by atoms with Gasteiger partial charge in [0.1, 0.15) is 5.82 Å². The standard InChI is InChI=1S/C13H23N3/c1-5-10(3)16(6-2)13-8-7-12(9-15-13)11(4)14/h7-11H,5-6,14H2,1-4H3. The van der Waals surface area contributed by atoms with Gasteiger partial charge in [-0.3, -0.25) is 0 Å². The Bertz CT molecular complexity index is 305. The lowest BCUT2D eigenvalue weighted by Gasteiger charge is -2.28. The smallest absolute Gasteiger partial charge is 0.128 e. The highest BCUT2D eigenvalue weighted by Crippen LogP contribution is 2.17. The maximum Gasteiger partial charge on any atom is 0.128 e. The number of pyridine rings is 1. The molecule has 16 heavy (non-hydrogen) atoms. The van der Waals surface area contributed by atoms with Crippen molar-refractivity contribution in [2.75, 3.05) is 11.4 Å². The number of nitrogens with zero attached hydrogens (tertiary/aromatic N) is 2. The third kappa shape index (κ3) is 2.95. The van der Waals surface area contributed by atoms with E-state index in [2.05, 4.69) is 42.8 Å². The number of rotatable bonds is 5. The van der Waals surface area contributed by atoms with E-state index in [4.69, 9.17) is 5.73 Å². The number of anilines is 1. The average molecular weight is 221 g/mol. The van der Waals surface area contributed by atoms with Crippen molar-refractivity contribution in [3.63, 3.8) is 0 Å². The van der Waals surface area contributed by atoms with Crippen molar-refractivity contribution in [1.29, 1.82) is 0 Å². The molecule has 0 radical (unpaired) electrons. The summed E-state index contributed by atoms with van der Waals surface area (Å²) in [5.41, 5.74) is 6.89. The van der Waals surface area contributed by atoms with Crippen molar-refractivity contribution in [2.24, 2.45) is 5.73 Å². The van der Waals surface area contributed by atoms with Crippen molar-refractivity contribution in [3.05, 3.63) is 23.9 Å². The summed E-state index contributed by atoms with van der Waals surface area (Å²) in [5, 5.41) is 0. The molecule has 0 aliphatic rings. The van der Waals surface area contributed by atoms with Gasteiger partial charge in [0.2, 0.25) is 0 Å². The van der Waals surface area contributed by atoms with Crippen LogP contribution in [-0.2, 0) is 0 Å². The molecule has 0 saturated heterocycles. The summed E-state index contributed by atoms with van der Waals surface area (Å²) < 4.78 is 0. The van der Waals surface area contributed by atoms with Gasteiger partial charge in [0.05, 0.1) is 0 Å².